The monoisotopic (exact) mass is 287 g/mol. The second-order valence-electron chi connectivity index (χ2n) is 5.83. The van der Waals surface area contributed by atoms with Gasteiger partial charge in [0.2, 0.25) is 0 Å². The fourth-order valence-electron chi connectivity index (χ4n) is 3.55. The quantitative estimate of drug-likeness (QED) is 0.525. The van der Waals surface area contributed by atoms with Crippen molar-refractivity contribution >= 4 is 17.8 Å². The minimum absolute atomic E-state index is 0.0348. The van der Waals surface area contributed by atoms with Crippen LogP contribution in [0.15, 0.2) is 29.4 Å². The van der Waals surface area contributed by atoms with E-state index < -0.39 is 10.8 Å². The summed E-state index contributed by atoms with van der Waals surface area (Å²) in [5.74, 6) is 1.41. The van der Waals surface area contributed by atoms with Gasteiger partial charge in [0.15, 0.2) is 0 Å². The first-order valence-electron chi connectivity index (χ1n) is 7.22. The summed E-state index contributed by atoms with van der Waals surface area (Å²) in [6.07, 6.45) is 6.79. The summed E-state index contributed by atoms with van der Waals surface area (Å²) in [5, 5.41) is 14.9. The fourth-order valence-corrected chi connectivity index (χ4v) is 3.55. The number of nitro benzene ring substituents is 1. The van der Waals surface area contributed by atoms with Crippen molar-refractivity contribution in [3.63, 3.8) is 0 Å². The predicted octanol–water partition coefficient (Wildman–Crippen LogP) is 2.75. The van der Waals surface area contributed by atoms with Gasteiger partial charge in [-0.2, -0.15) is 5.10 Å². The Balaban J connectivity index is 1.63. The summed E-state index contributed by atoms with van der Waals surface area (Å²) in [6, 6.07) is 5.88. The lowest BCUT2D eigenvalue weighted by molar-refractivity contribution is -0.385. The van der Waals surface area contributed by atoms with E-state index in [1.807, 2.05) is 0 Å². The first-order chi connectivity index (χ1) is 10.1. The smallest absolute Gasteiger partial charge is 0.267 e. The summed E-state index contributed by atoms with van der Waals surface area (Å²) < 4.78 is 0. The van der Waals surface area contributed by atoms with Gasteiger partial charge in [-0.3, -0.25) is 14.9 Å². The number of hydrogen-bond donors (Lipinski definition) is 1. The molecule has 0 radical (unpaired) electrons. The third kappa shape index (κ3) is 2.79. The van der Waals surface area contributed by atoms with Crippen LogP contribution in [0.5, 0.6) is 0 Å². The zero-order chi connectivity index (χ0) is 14.8. The Morgan fingerprint density at radius 1 is 1.33 bits per heavy atom. The lowest BCUT2D eigenvalue weighted by Gasteiger charge is -2.16. The zero-order valence-corrected chi connectivity index (χ0v) is 11.6. The maximum absolute atomic E-state index is 12.0. The maximum atomic E-state index is 12.0. The van der Waals surface area contributed by atoms with Gasteiger partial charge in [0.1, 0.15) is 5.56 Å². The highest BCUT2D eigenvalue weighted by Crippen LogP contribution is 2.47. The maximum Gasteiger partial charge on any atom is 0.282 e. The van der Waals surface area contributed by atoms with Gasteiger partial charge in [0.05, 0.1) is 4.92 Å². The van der Waals surface area contributed by atoms with E-state index in [1.54, 1.807) is 12.3 Å². The molecule has 1 amide bonds. The highest BCUT2D eigenvalue weighted by Gasteiger charge is 2.38. The minimum atomic E-state index is -0.561. The van der Waals surface area contributed by atoms with E-state index in [2.05, 4.69) is 10.5 Å². The van der Waals surface area contributed by atoms with Gasteiger partial charge in [-0.05, 0) is 43.1 Å². The number of hydrazone groups is 1. The molecule has 3 rings (SSSR count). The number of fused-ring (bicyclic) bond motifs is 2. The van der Waals surface area contributed by atoms with Crippen molar-refractivity contribution in [2.24, 2.45) is 22.9 Å². The van der Waals surface area contributed by atoms with Crippen LogP contribution in [-0.2, 0) is 0 Å². The summed E-state index contributed by atoms with van der Waals surface area (Å²) in [4.78, 5) is 22.3. The number of carbonyl (C=O) groups excluding carboxylic acids is 1. The van der Waals surface area contributed by atoms with Gasteiger partial charge < -0.3 is 0 Å². The molecule has 2 fully saturated rings. The van der Waals surface area contributed by atoms with Crippen LogP contribution in [0.3, 0.4) is 0 Å². The molecule has 21 heavy (non-hydrogen) atoms. The van der Waals surface area contributed by atoms with Crippen molar-refractivity contribution in [3.05, 3.63) is 39.9 Å². The summed E-state index contributed by atoms with van der Waals surface area (Å²) in [6.45, 7) is 0. The highest BCUT2D eigenvalue weighted by atomic mass is 16.6. The average Bonchev–Trinajstić information content (AvgIpc) is 3.09. The van der Waals surface area contributed by atoms with Gasteiger partial charge in [-0.1, -0.05) is 18.6 Å². The molecule has 2 bridgehead atoms. The number of carbonyl (C=O) groups is 1. The minimum Gasteiger partial charge on any atom is -0.267 e. The molecule has 110 valence electrons. The second kappa shape index (κ2) is 5.63. The zero-order valence-electron chi connectivity index (χ0n) is 11.6. The molecule has 0 aliphatic heterocycles. The highest BCUT2D eigenvalue weighted by molar-refractivity contribution is 5.98. The topological polar surface area (TPSA) is 84.6 Å². The van der Waals surface area contributed by atoms with Crippen LogP contribution in [0.4, 0.5) is 5.69 Å². The number of para-hydroxylation sites is 1. The Kier molecular flexibility index (Phi) is 3.68. The number of nitro groups is 1. The molecule has 2 aliphatic rings. The molecule has 3 unspecified atom stereocenters. The number of nitrogens with one attached hydrogen (secondary N) is 1. The van der Waals surface area contributed by atoms with E-state index in [0.717, 1.165) is 12.3 Å². The van der Waals surface area contributed by atoms with Gasteiger partial charge in [0.25, 0.3) is 11.6 Å². The molecule has 1 aromatic rings. The lowest BCUT2D eigenvalue weighted by atomic mass is 9.90. The van der Waals surface area contributed by atoms with E-state index in [9.17, 15) is 14.9 Å². The summed E-state index contributed by atoms with van der Waals surface area (Å²) >= 11 is 0. The fraction of sp³-hybridized carbons (Fsp3) is 0.467. The Morgan fingerprint density at radius 2 is 2.14 bits per heavy atom. The number of rotatable bonds is 4. The van der Waals surface area contributed by atoms with E-state index in [0.29, 0.717) is 11.8 Å². The Morgan fingerprint density at radius 3 is 2.81 bits per heavy atom. The van der Waals surface area contributed by atoms with E-state index in [1.165, 1.54) is 37.5 Å². The lowest BCUT2D eigenvalue weighted by Crippen LogP contribution is -2.21. The molecular formula is C15H17N3O3. The molecule has 1 aromatic carbocycles. The van der Waals surface area contributed by atoms with Crippen LogP contribution in [-0.4, -0.2) is 17.0 Å². The van der Waals surface area contributed by atoms with Crippen molar-refractivity contribution in [2.75, 3.05) is 0 Å². The molecule has 2 saturated carbocycles. The molecule has 6 heteroatoms. The molecule has 6 nitrogen and oxygen atoms in total. The Labute approximate surface area is 122 Å². The molecule has 0 heterocycles. The van der Waals surface area contributed by atoms with Gasteiger partial charge >= 0.3 is 0 Å². The van der Waals surface area contributed by atoms with Crippen LogP contribution in [0.1, 0.15) is 36.0 Å². The van der Waals surface area contributed by atoms with Crippen LogP contribution < -0.4 is 5.43 Å². The van der Waals surface area contributed by atoms with Crippen LogP contribution in [0.25, 0.3) is 0 Å². The largest absolute Gasteiger partial charge is 0.282 e. The van der Waals surface area contributed by atoms with Crippen LogP contribution >= 0.6 is 0 Å². The van der Waals surface area contributed by atoms with Crippen LogP contribution in [0, 0.1) is 27.9 Å². The first kappa shape index (κ1) is 13.7. The summed E-state index contributed by atoms with van der Waals surface area (Å²) in [7, 11) is 0. The number of amides is 1. The van der Waals surface area contributed by atoms with Crippen molar-refractivity contribution < 1.29 is 9.72 Å². The van der Waals surface area contributed by atoms with Crippen molar-refractivity contribution in [1.82, 2.24) is 5.43 Å². The Hall–Kier alpha value is -2.24. The molecule has 0 spiro atoms. The van der Waals surface area contributed by atoms with Gasteiger partial charge in [-0.15, -0.1) is 0 Å². The number of benzene rings is 1. The molecule has 2 aliphatic carbocycles. The van der Waals surface area contributed by atoms with Gasteiger partial charge in [-0.25, -0.2) is 5.43 Å². The number of nitrogens with zero attached hydrogens (tertiary/aromatic N) is 2. The third-order valence-corrected chi connectivity index (χ3v) is 4.57. The van der Waals surface area contributed by atoms with Crippen molar-refractivity contribution in [1.29, 1.82) is 0 Å². The normalized spacial score (nSPS) is 27.1. The van der Waals surface area contributed by atoms with Gasteiger partial charge in [0, 0.05) is 12.3 Å². The average molecular weight is 287 g/mol. The first-order valence-corrected chi connectivity index (χ1v) is 7.22. The van der Waals surface area contributed by atoms with Crippen LogP contribution in [0.2, 0.25) is 0 Å². The van der Waals surface area contributed by atoms with E-state index >= 15 is 0 Å². The molecule has 1 N–H and O–H groups in total. The molecule has 0 aromatic heterocycles. The van der Waals surface area contributed by atoms with E-state index in [4.69, 9.17) is 0 Å². The number of hydrogen-bond acceptors (Lipinski definition) is 4. The van der Waals surface area contributed by atoms with E-state index in [-0.39, 0.29) is 11.3 Å². The molecule has 3 atom stereocenters. The van der Waals surface area contributed by atoms with Crippen molar-refractivity contribution in [3.8, 4) is 0 Å². The molecule has 0 saturated heterocycles. The standard InChI is InChI=1S/C15H17N3O3/c19-15(13-3-1-2-4-14(13)18(20)21)17-16-9-12-8-10-5-6-11(12)7-10/h1-4,9-12H,5-8H2,(H,17,19)/b16-9-. The third-order valence-electron chi connectivity index (χ3n) is 4.57. The van der Waals surface area contributed by atoms with Crippen molar-refractivity contribution in [2.45, 2.75) is 25.7 Å². The SMILES string of the molecule is O=C(N/N=C\C1CC2CCC1C2)c1ccccc1[N+](=O)[O-]. The Bertz CT molecular complexity index is 600. The second-order valence-corrected chi connectivity index (χ2v) is 5.83. The molecular weight excluding hydrogens is 270 g/mol. The predicted molar refractivity (Wildman–Crippen MR) is 78.0 cm³/mol. The summed E-state index contributed by atoms with van der Waals surface area (Å²) in [5.41, 5.74) is 2.24.